The first kappa shape index (κ1) is 15.8. The van der Waals surface area contributed by atoms with E-state index in [1.165, 1.54) is 11.3 Å². The van der Waals surface area contributed by atoms with Gasteiger partial charge >= 0.3 is 0 Å². The van der Waals surface area contributed by atoms with Crippen molar-refractivity contribution in [2.75, 3.05) is 12.3 Å². The number of aromatic nitrogens is 4. The summed E-state index contributed by atoms with van der Waals surface area (Å²) in [5.74, 6) is 0.131. The van der Waals surface area contributed by atoms with Crippen LogP contribution in [0.4, 0.5) is 5.13 Å². The van der Waals surface area contributed by atoms with E-state index in [0.29, 0.717) is 31.1 Å². The van der Waals surface area contributed by atoms with Gasteiger partial charge in [0.05, 0.1) is 17.9 Å². The molecular weight excluding hydrogens is 336 g/mol. The van der Waals surface area contributed by atoms with E-state index in [1.807, 2.05) is 39.9 Å². The zero-order valence-corrected chi connectivity index (χ0v) is 14.4. The fraction of sp³-hybridized carbons (Fsp3) is 0.294. The molecule has 0 atom stereocenters. The van der Waals surface area contributed by atoms with Gasteiger partial charge in [0.25, 0.3) is 0 Å². The quantitative estimate of drug-likeness (QED) is 0.772. The lowest BCUT2D eigenvalue weighted by Crippen LogP contribution is -2.36. The second-order valence-electron chi connectivity index (χ2n) is 5.96. The van der Waals surface area contributed by atoms with Crippen LogP contribution in [0.15, 0.2) is 36.5 Å². The maximum atomic E-state index is 12.5. The first-order valence-electron chi connectivity index (χ1n) is 8.17. The molecule has 0 aliphatic carbocycles. The summed E-state index contributed by atoms with van der Waals surface area (Å²) in [6.45, 7) is 1.21. The minimum Gasteiger partial charge on any atom is -0.375 e. The van der Waals surface area contributed by atoms with Crippen LogP contribution in [0, 0.1) is 0 Å². The number of nitrogens with zero attached hydrogens (tertiary/aromatic N) is 5. The second kappa shape index (κ2) is 6.64. The molecule has 8 heteroatoms. The molecule has 25 heavy (non-hydrogen) atoms. The van der Waals surface area contributed by atoms with Crippen molar-refractivity contribution in [3.05, 3.63) is 52.8 Å². The van der Waals surface area contributed by atoms with Gasteiger partial charge in [-0.25, -0.2) is 9.67 Å². The summed E-state index contributed by atoms with van der Waals surface area (Å²) in [4.78, 5) is 19.4. The highest BCUT2D eigenvalue weighted by atomic mass is 32.1. The molecule has 0 radical (unpaired) electrons. The van der Waals surface area contributed by atoms with Gasteiger partial charge in [-0.2, -0.15) is 0 Å². The van der Waals surface area contributed by atoms with E-state index in [1.54, 1.807) is 6.20 Å². The topological polar surface area (TPSA) is 89.9 Å². The Bertz CT molecular complexity index is 888. The lowest BCUT2D eigenvalue weighted by Gasteiger charge is -2.26. The first-order valence-corrected chi connectivity index (χ1v) is 8.99. The molecule has 3 heterocycles. The van der Waals surface area contributed by atoms with Crippen molar-refractivity contribution in [1.82, 2.24) is 24.9 Å². The Kier molecular flexibility index (Phi) is 4.19. The van der Waals surface area contributed by atoms with Gasteiger partial charge in [-0.15, -0.1) is 16.4 Å². The highest BCUT2D eigenvalue weighted by Crippen LogP contribution is 2.21. The molecule has 1 amide bonds. The molecule has 2 N–H and O–H groups in total. The highest BCUT2D eigenvalue weighted by molar-refractivity contribution is 7.15. The number of amides is 1. The molecule has 128 valence electrons. The predicted molar refractivity (Wildman–Crippen MR) is 95.3 cm³/mol. The fourth-order valence-corrected chi connectivity index (χ4v) is 3.71. The fourth-order valence-electron chi connectivity index (χ4n) is 3.02. The van der Waals surface area contributed by atoms with Crippen LogP contribution in [0.2, 0.25) is 0 Å². The number of hydrogen-bond acceptors (Lipinski definition) is 6. The van der Waals surface area contributed by atoms with Crippen LogP contribution in [0.25, 0.3) is 5.69 Å². The number of nitrogens with two attached hydrogens (primary N) is 1. The summed E-state index contributed by atoms with van der Waals surface area (Å²) in [6.07, 6.45) is 3.64. The van der Waals surface area contributed by atoms with Crippen LogP contribution >= 0.6 is 11.3 Å². The van der Waals surface area contributed by atoms with Gasteiger partial charge in [-0.1, -0.05) is 23.4 Å². The van der Waals surface area contributed by atoms with Gasteiger partial charge in [-0.05, 0) is 18.6 Å². The van der Waals surface area contributed by atoms with Crippen molar-refractivity contribution >= 4 is 22.4 Å². The summed E-state index contributed by atoms with van der Waals surface area (Å²) >= 11 is 1.44. The lowest BCUT2D eigenvalue weighted by atomic mass is 10.1. The zero-order valence-electron chi connectivity index (χ0n) is 13.6. The molecule has 0 fully saturated rings. The molecule has 0 saturated heterocycles. The normalized spacial score (nSPS) is 13.7. The predicted octanol–water partition coefficient (Wildman–Crippen LogP) is 1.82. The number of rotatable bonds is 4. The molecular formula is C17H18N6OS. The number of carbonyl (C=O) groups is 1. The third-order valence-electron chi connectivity index (χ3n) is 4.31. The van der Waals surface area contributed by atoms with E-state index >= 15 is 0 Å². The SMILES string of the molecule is Nc1ncc(CCC(=O)N2CCc3c(nnn3-c3ccccc3)C2)s1. The molecule has 3 aromatic rings. The summed E-state index contributed by atoms with van der Waals surface area (Å²) in [5.41, 5.74) is 8.59. The molecule has 0 saturated carbocycles. The number of thiazole rings is 1. The Morgan fingerprint density at radius 3 is 2.88 bits per heavy atom. The third-order valence-corrected chi connectivity index (χ3v) is 5.20. The number of benzene rings is 1. The third kappa shape index (κ3) is 3.25. The van der Waals surface area contributed by atoms with Gasteiger partial charge in [0, 0.05) is 30.5 Å². The maximum absolute atomic E-state index is 12.5. The Labute approximate surface area is 149 Å². The highest BCUT2D eigenvalue weighted by Gasteiger charge is 2.25. The first-order chi connectivity index (χ1) is 12.2. The number of anilines is 1. The van der Waals surface area contributed by atoms with Crippen molar-refractivity contribution in [1.29, 1.82) is 0 Å². The van der Waals surface area contributed by atoms with Gasteiger partial charge in [0.1, 0.15) is 5.69 Å². The maximum Gasteiger partial charge on any atom is 0.223 e. The zero-order chi connectivity index (χ0) is 17.2. The van der Waals surface area contributed by atoms with Gasteiger partial charge in [0.15, 0.2) is 5.13 Å². The molecule has 1 aliphatic heterocycles. The molecule has 0 unspecified atom stereocenters. The summed E-state index contributed by atoms with van der Waals surface area (Å²) in [7, 11) is 0. The van der Waals surface area contributed by atoms with Crippen molar-refractivity contribution < 1.29 is 4.79 Å². The molecule has 2 aromatic heterocycles. The van der Waals surface area contributed by atoms with Gasteiger partial charge < -0.3 is 10.6 Å². The smallest absolute Gasteiger partial charge is 0.223 e. The van der Waals surface area contributed by atoms with Crippen LogP contribution < -0.4 is 5.73 Å². The molecule has 0 bridgehead atoms. The minimum absolute atomic E-state index is 0.131. The number of carbonyl (C=O) groups excluding carboxylic acids is 1. The van der Waals surface area contributed by atoms with E-state index in [4.69, 9.17) is 5.73 Å². The Balaban J connectivity index is 1.43. The summed E-state index contributed by atoms with van der Waals surface area (Å²) in [6, 6.07) is 9.95. The standard InChI is InChI=1S/C17H18N6OS/c18-17-19-10-13(25-17)6-7-16(24)22-9-8-15-14(11-22)20-21-23(15)12-4-2-1-3-5-12/h1-5,10H,6-9,11H2,(H2,18,19). The van der Waals surface area contributed by atoms with E-state index in [9.17, 15) is 4.79 Å². The van der Waals surface area contributed by atoms with Crippen molar-refractivity contribution in [3.63, 3.8) is 0 Å². The molecule has 7 nitrogen and oxygen atoms in total. The molecule has 1 aliphatic rings. The van der Waals surface area contributed by atoms with Crippen LogP contribution in [0.5, 0.6) is 0 Å². The van der Waals surface area contributed by atoms with Crippen molar-refractivity contribution in [3.8, 4) is 5.69 Å². The number of hydrogen-bond donors (Lipinski definition) is 1. The van der Waals surface area contributed by atoms with Gasteiger partial charge in [-0.3, -0.25) is 4.79 Å². The largest absolute Gasteiger partial charge is 0.375 e. The van der Waals surface area contributed by atoms with Crippen LogP contribution in [-0.4, -0.2) is 37.3 Å². The van der Waals surface area contributed by atoms with E-state index in [0.717, 1.165) is 28.4 Å². The monoisotopic (exact) mass is 354 g/mol. The van der Waals surface area contributed by atoms with E-state index in [2.05, 4.69) is 15.3 Å². The Hall–Kier alpha value is -2.74. The van der Waals surface area contributed by atoms with Gasteiger partial charge in [0.2, 0.25) is 5.91 Å². The summed E-state index contributed by atoms with van der Waals surface area (Å²) in [5, 5.41) is 9.09. The average Bonchev–Trinajstić information content (AvgIpc) is 3.26. The van der Waals surface area contributed by atoms with Crippen molar-refractivity contribution in [2.24, 2.45) is 0 Å². The average molecular weight is 354 g/mol. The second-order valence-corrected chi connectivity index (χ2v) is 7.11. The van der Waals surface area contributed by atoms with Crippen LogP contribution in [0.1, 0.15) is 22.7 Å². The lowest BCUT2D eigenvalue weighted by molar-refractivity contribution is -0.132. The van der Waals surface area contributed by atoms with E-state index in [-0.39, 0.29) is 5.91 Å². The number of aryl methyl sites for hydroxylation is 1. The molecule has 1 aromatic carbocycles. The Morgan fingerprint density at radius 2 is 2.12 bits per heavy atom. The number of para-hydroxylation sites is 1. The van der Waals surface area contributed by atoms with Crippen LogP contribution in [-0.2, 0) is 24.2 Å². The number of nitrogen functional groups attached to an aromatic ring is 1. The molecule has 4 rings (SSSR count). The minimum atomic E-state index is 0.131. The number of fused-ring (bicyclic) bond motifs is 1. The molecule has 0 spiro atoms. The van der Waals surface area contributed by atoms with E-state index < -0.39 is 0 Å². The Morgan fingerprint density at radius 1 is 1.28 bits per heavy atom. The summed E-state index contributed by atoms with van der Waals surface area (Å²) < 4.78 is 1.87. The van der Waals surface area contributed by atoms with Crippen LogP contribution in [0.3, 0.4) is 0 Å². The van der Waals surface area contributed by atoms with Crippen molar-refractivity contribution in [2.45, 2.75) is 25.8 Å².